The molecule has 2 heterocycles. The Labute approximate surface area is 173 Å². The lowest BCUT2D eigenvalue weighted by Crippen LogP contribution is -2.51. The van der Waals surface area contributed by atoms with E-state index in [0.29, 0.717) is 23.8 Å². The Hall–Kier alpha value is -1.15. The fourth-order valence-electron chi connectivity index (χ4n) is 3.52. The molecular weight excluding hydrogens is 432 g/mol. The summed E-state index contributed by atoms with van der Waals surface area (Å²) < 4.78 is 0.876. The molecule has 0 radical (unpaired) electrons. The molecule has 0 aliphatic carbocycles. The third-order valence-corrected chi connectivity index (χ3v) is 5.91. The third kappa shape index (κ3) is 6.17. The first-order chi connectivity index (χ1) is 13.0. The molecule has 0 spiro atoms. The highest BCUT2D eigenvalue weighted by atomic mass is 79.9. The molecule has 0 bridgehead atoms. The quantitative estimate of drug-likeness (QED) is 0.739. The van der Waals surface area contributed by atoms with E-state index in [-0.39, 0.29) is 11.8 Å². The number of carbonyl (C=O) groups is 2. The van der Waals surface area contributed by atoms with Crippen LogP contribution in [0.15, 0.2) is 22.7 Å². The Bertz CT molecular complexity index is 674. The molecule has 2 aliphatic rings. The highest BCUT2D eigenvalue weighted by Crippen LogP contribution is 2.25. The molecule has 1 N–H and O–H groups in total. The van der Waals surface area contributed by atoms with Crippen molar-refractivity contribution in [1.82, 2.24) is 14.7 Å². The summed E-state index contributed by atoms with van der Waals surface area (Å²) in [6, 6.07) is 5.39. The maximum atomic E-state index is 12.4. The van der Waals surface area contributed by atoms with Crippen molar-refractivity contribution in [1.29, 1.82) is 0 Å². The predicted molar refractivity (Wildman–Crippen MR) is 111 cm³/mol. The molecule has 1 aromatic rings. The molecule has 27 heavy (non-hydrogen) atoms. The molecule has 1 aromatic carbocycles. The zero-order valence-corrected chi connectivity index (χ0v) is 17.8. The smallest absolute Gasteiger partial charge is 0.238 e. The summed E-state index contributed by atoms with van der Waals surface area (Å²) in [7, 11) is 0. The SMILES string of the molecule is O=C(CN1CCN(CC(=O)N2CCCCC2)CC1)Nc1ccc(Br)cc1Cl. The Kier molecular flexibility index (Phi) is 7.52. The fourth-order valence-corrected chi connectivity index (χ4v) is 4.24. The van der Waals surface area contributed by atoms with Gasteiger partial charge in [0.2, 0.25) is 11.8 Å². The Morgan fingerprint density at radius 1 is 0.963 bits per heavy atom. The van der Waals surface area contributed by atoms with Crippen LogP contribution in [0, 0.1) is 0 Å². The molecule has 6 nitrogen and oxygen atoms in total. The number of hydrogen-bond acceptors (Lipinski definition) is 4. The topological polar surface area (TPSA) is 55.9 Å². The van der Waals surface area contributed by atoms with Gasteiger partial charge < -0.3 is 10.2 Å². The lowest BCUT2D eigenvalue weighted by Gasteiger charge is -2.35. The van der Waals surface area contributed by atoms with Gasteiger partial charge in [-0.3, -0.25) is 19.4 Å². The molecule has 2 saturated heterocycles. The van der Waals surface area contributed by atoms with Crippen LogP contribution in [0.4, 0.5) is 5.69 Å². The Morgan fingerprint density at radius 3 is 2.22 bits per heavy atom. The van der Waals surface area contributed by atoms with Crippen molar-refractivity contribution in [3.8, 4) is 0 Å². The predicted octanol–water partition coefficient (Wildman–Crippen LogP) is 2.67. The van der Waals surface area contributed by atoms with Crippen LogP contribution in [0.3, 0.4) is 0 Å². The van der Waals surface area contributed by atoms with Gasteiger partial charge in [0.25, 0.3) is 0 Å². The van der Waals surface area contributed by atoms with Gasteiger partial charge in [0.15, 0.2) is 0 Å². The fraction of sp³-hybridized carbons (Fsp3) is 0.579. The van der Waals surface area contributed by atoms with Crippen LogP contribution in [0.2, 0.25) is 5.02 Å². The molecule has 0 saturated carbocycles. The molecule has 2 aliphatic heterocycles. The number of nitrogens with one attached hydrogen (secondary N) is 1. The van der Waals surface area contributed by atoms with E-state index in [0.717, 1.165) is 56.6 Å². The number of hydrogen-bond donors (Lipinski definition) is 1. The van der Waals surface area contributed by atoms with Gasteiger partial charge in [0.05, 0.1) is 23.8 Å². The van der Waals surface area contributed by atoms with Crippen LogP contribution in [-0.2, 0) is 9.59 Å². The average molecular weight is 458 g/mol. The number of piperidine rings is 1. The van der Waals surface area contributed by atoms with Crippen LogP contribution < -0.4 is 5.32 Å². The van der Waals surface area contributed by atoms with Crippen LogP contribution >= 0.6 is 27.5 Å². The zero-order chi connectivity index (χ0) is 19.2. The van der Waals surface area contributed by atoms with E-state index in [9.17, 15) is 9.59 Å². The molecule has 148 valence electrons. The first-order valence-corrected chi connectivity index (χ1v) is 10.7. The van der Waals surface area contributed by atoms with Gasteiger partial charge in [-0.15, -0.1) is 0 Å². The van der Waals surface area contributed by atoms with Crippen LogP contribution in [0.1, 0.15) is 19.3 Å². The molecule has 2 amide bonds. The van der Waals surface area contributed by atoms with Crippen LogP contribution in [-0.4, -0.2) is 78.9 Å². The van der Waals surface area contributed by atoms with E-state index in [1.54, 1.807) is 12.1 Å². The largest absolute Gasteiger partial charge is 0.342 e. The number of rotatable bonds is 5. The summed E-state index contributed by atoms with van der Waals surface area (Å²) in [5.74, 6) is 0.169. The van der Waals surface area contributed by atoms with Crippen molar-refractivity contribution in [2.24, 2.45) is 0 Å². The minimum absolute atomic E-state index is 0.0722. The summed E-state index contributed by atoms with van der Waals surface area (Å²) in [6.45, 7) is 5.82. The summed E-state index contributed by atoms with van der Waals surface area (Å²) in [4.78, 5) is 31.0. The number of benzene rings is 1. The van der Waals surface area contributed by atoms with Crippen molar-refractivity contribution in [2.45, 2.75) is 19.3 Å². The minimum atomic E-state index is -0.0722. The van der Waals surface area contributed by atoms with Gasteiger partial charge in [0, 0.05) is 43.7 Å². The first-order valence-electron chi connectivity index (χ1n) is 9.48. The van der Waals surface area contributed by atoms with Crippen molar-refractivity contribution in [3.05, 3.63) is 27.7 Å². The number of nitrogens with zero attached hydrogens (tertiary/aromatic N) is 3. The lowest BCUT2D eigenvalue weighted by molar-refractivity contribution is -0.134. The number of amides is 2. The monoisotopic (exact) mass is 456 g/mol. The highest BCUT2D eigenvalue weighted by molar-refractivity contribution is 9.10. The first kappa shape index (κ1) is 20.6. The van der Waals surface area contributed by atoms with Gasteiger partial charge in [-0.2, -0.15) is 0 Å². The summed E-state index contributed by atoms with van der Waals surface area (Å²) in [6.07, 6.45) is 3.48. The van der Waals surface area contributed by atoms with Gasteiger partial charge in [-0.1, -0.05) is 27.5 Å². The molecule has 3 rings (SSSR count). The van der Waals surface area contributed by atoms with Crippen molar-refractivity contribution < 1.29 is 9.59 Å². The van der Waals surface area contributed by atoms with E-state index in [2.05, 4.69) is 31.0 Å². The van der Waals surface area contributed by atoms with Gasteiger partial charge in [-0.25, -0.2) is 0 Å². The zero-order valence-electron chi connectivity index (χ0n) is 15.4. The minimum Gasteiger partial charge on any atom is -0.342 e. The van der Waals surface area contributed by atoms with Crippen LogP contribution in [0.5, 0.6) is 0 Å². The highest BCUT2D eigenvalue weighted by Gasteiger charge is 2.23. The second-order valence-corrected chi connectivity index (χ2v) is 8.49. The second-order valence-electron chi connectivity index (χ2n) is 7.17. The molecular formula is C19H26BrClN4O2. The van der Waals surface area contributed by atoms with E-state index < -0.39 is 0 Å². The normalized spacial score (nSPS) is 19.1. The summed E-state index contributed by atoms with van der Waals surface area (Å²) in [5, 5.41) is 3.38. The standard InChI is InChI=1S/C19H26BrClN4O2/c20-15-4-5-17(16(21)12-15)22-18(26)13-23-8-10-24(11-9-23)14-19(27)25-6-2-1-3-7-25/h4-5,12H,1-3,6-11,13-14H2,(H,22,26). The Morgan fingerprint density at radius 2 is 1.59 bits per heavy atom. The average Bonchev–Trinajstić information content (AvgIpc) is 2.66. The van der Waals surface area contributed by atoms with E-state index in [4.69, 9.17) is 11.6 Å². The molecule has 0 unspecified atom stereocenters. The van der Waals surface area contributed by atoms with Crippen LogP contribution in [0.25, 0.3) is 0 Å². The van der Waals surface area contributed by atoms with E-state index >= 15 is 0 Å². The molecule has 0 aromatic heterocycles. The van der Waals surface area contributed by atoms with Crippen molar-refractivity contribution in [3.63, 3.8) is 0 Å². The summed E-state index contributed by atoms with van der Waals surface area (Å²) >= 11 is 9.50. The molecule has 2 fully saturated rings. The van der Waals surface area contributed by atoms with Crippen molar-refractivity contribution in [2.75, 3.05) is 57.7 Å². The molecule has 8 heteroatoms. The Balaban J connectivity index is 1.39. The maximum absolute atomic E-state index is 12.4. The maximum Gasteiger partial charge on any atom is 0.238 e. The number of halogens is 2. The second kappa shape index (κ2) is 9.87. The van der Waals surface area contributed by atoms with Gasteiger partial charge in [-0.05, 0) is 37.5 Å². The number of likely N-dealkylation sites (tertiary alicyclic amines) is 1. The van der Waals surface area contributed by atoms with E-state index in [1.165, 1.54) is 6.42 Å². The van der Waals surface area contributed by atoms with Gasteiger partial charge >= 0.3 is 0 Å². The summed E-state index contributed by atoms with van der Waals surface area (Å²) in [5.41, 5.74) is 0.621. The number of carbonyl (C=O) groups excluding carboxylic acids is 2. The number of piperazine rings is 1. The van der Waals surface area contributed by atoms with E-state index in [1.807, 2.05) is 11.0 Å². The lowest BCUT2D eigenvalue weighted by atomic mass is 10.1. The van der Waals surface area contributed by atoms with Gasteiger partial charge in [0.1, 0.15) is 0 Å². The third-order valence-electron chi connectivity index (χ3n) is 5.10. The molecule has 0 atom stereocenters. The number of anilines is 1. The van der Waals surface area contributed by atoms with Crippen molar-refractivity contribution >= 4 is 45.0 Å².